The molecule has 0 saturated carbocycles. The lowest BCUT2D eigenvalue weighted by Crippen LogP contribution is -2.45. The lowest BCUT2D eigenvalue weighted by Gasteiger charge is -2.17. The first-order valence-electron chi connectivity index (χ1n) is 9.41. The summed E-state index contributed by atoms with van der Waals surface area (Å²) in [5.74, 6) is -0.892. The molecule has 1 saturated heterocycles. The van der Waals surface area contributed by atoms with E-state index in [1.54, 1.807) is 42.5 Å². The number of rotatable bonds is 6. The van der Waals surface area contributed by atoms with E-state index in [0.717, 1.165) is 23.3 Å². The molecule has 1 fully saturated rings. The van der Waals surface area contributed by atoms with Crippen molar-refractivity contribution in [2.75, 3.05) is 11.9 Å². The molecule has 0 aliphatic carbocycles. The minimum atomic E-state index is -0.573. The van der Waals surface area contributed by atoms with Gasteiger partial charge < -0.3 is 16.0 Å². The minimum absolute atomic E-state index is 0.176. The SMILES string of the molecule is C=Cc1cc(C(=O)Nc2ccccc2C(=O)NC2CCCCNC2=O)sc1C=C. The highest BCUT2D eigenvalue weighted by Crippen LogP contribution is 2.26. The first-order chi connectivity index (χ1) is 14.0. The highest BCUT2D eigenvalue weighted by atomic mass is 32.1. The lowest BCUT2D eigenvalue weighted by atomic mass is 10.1. The Hall–Kier alpha value is -3.19. The fourth-order valence-electron chi connectivity index (χ4n) is 3.14. The van der Waals surface area contributed by atoms with Crippen LogP contribution in [0.5, 0.6) is 0 Å². The number of amides is 3. The molecule has 2 aromatic rings. The van der Waals surface area contributed by atoms with E-state index in [1.807, 2.05) is 0 Å². The molecule has 1 aliphatic heterocycles. The first kappa shape index (κ1) is 20.5. The molecule has 1 aliphatic rings. The number of para-hydroxylation sites is 1. The van der Waals surface area contributed by atoms with Gasteiger partial charge in [-0.05, 0) is 43.0 Å². The van der Waals surface area contributed by atoms with E-state index >= 15 is 0 Å². The molecule has 3 amide bonds. The normalized spacial score (nSPS) is 16.3. The van der Waals surface area contributed by atoms with Gasteiger partial charge in [-0.15, -0.1) is 11.3 Å². The average molecular weight is 410 g/mol. The number of nitrogens with one attached hydrogen (secondary N) is 3. The van der Waals surface area contributed by atoms with Crippen LogP contribution in [-0.4, -0.2) is 30.3 Å². The van der Waals surface area contributed by atoms with Gasteiger partial charge in [0.25, 0.3) is 11.8 Å². The summed E-state index contributed by atoms with van der Waals surface area (Å²) in [5.41, 5.74) is 1.53. The molecule has 0 radical (unpaired) electrons. The maximum atomic E-state index is 12.8. The average Bonchev–Trinajstić information content (AvgIpc) is 3.06. The van der Waals surface area contributed by atoms with Gasteiger partial charge in [-0.1, -0.05) is 37.4 Å². The van der Waals surface area contributed by atoms with Crippen molar-refractivity contribution in [3.8, 4) is 0 Å². The summed E-state index contributed by atoms with van der Waals surface area (Å²) in [5, 5.41) is 8.38. The molecule has 150 valence electrons. The van der Waals surface area contributed by atoms with E-state index in [0.29, 0.717) is 29.1 Å². The van der Waals surface area contributed by atoms with Crippen molar-refractivity contribution < 1.29 is 14.4 Å². The van der Waals surface area contributed by atoms with Gasteiger partial charge in [0.15, 0.2) is 0 Å². The Bertz CT molecular complexity index is 938. The van der Waals surface area contributed by atoms with Gasteiger partial charge in [-0.2, -0.15) is 0 Å². The maximum Gasteiger partial charge on any atom is 0.265 e. The molecular weight excluding hydrogens is 386 g/mol. The first-order valence-corrected chi connectivity index (χ1v) is 10.2. The third-order valence-electron chi connectivity index (χ3n) is 4.68. The van der Waals surface area contributed by atoms with Crippen LogP contribution in [0.2, 0.25) is 0 Å². The summed E-state index contributed by atoms with van der Waals surface area (Å²) in [6.07, 6.45) is 5.69. The number of hydrogen-bond acceptors (Lipinski definition) is 4. The van der Waals surface area contributed by atoms with Crippen LogP contribution in [0.15, 0.2) is 43.5 Å². The second-order valence-electron chi connectivity index (χ2n) is 6.65. The van der Waals surface area contributed by atoms with Gasteiger partial charge in [0, 0.05) is 11.4 Å². The smallest absolute Gasteiger partial charge is 0.265 e. The van der Waals surface area contributed by atoms with E-state index in [2.05, 4.69) is 29.1 Å². The lowest BCUT2D eigenvalue weighted by molar-refractivity contribution is -0.122. The van der Waals surface area contributed by atoms with E-state index in [4.69, 9.17) is 0 Å². The van der Waals surface area contributed by atoms with Crippen LogP contribution in [0.25, 0.3) is 12.2 Å². The summed E-state index contributed by atoms with van der Waals surface area (Å²) in [4.78, 5) is 39.0. The molecule has 1 aromatic heterocycles. The van der Waals surface area contributed by atoms with E-state index < -0.39 is 11.9 Å². The number of hydrogen-bond donors (Lipinski definition) is 3. The van der Waals surface area contributed by atoms with E-state index in [-0.39, 0.29) is 11.8 Å². The van der Waals surface area contributed by atoms with Crippen LogP contribution in [0, 0.1) is 0 Å². The number of thiophene rings is 1. The van der Waals surface area contributed by atoms with Gasteiger partial charge >= 0.3 is 0 Å². The molecule has 1 atom stereocenters. The zero-order valence-corrected chi connectivity index (χ0v) is 16.8. The molecule has 1 aromatic carbocycles. The van der Waals surface area contributed by atoms with Crippen LogP contribution in [0.1, 0.15) is 49.7 Å². The molecule has 1 unspecified atom stereocenters. The zero-order chi connectivity index (χ0) is 20.8. The summed E-state index contributed by atoms with van der Waals surface area (Å²) in [7, 11) is 0. The van der Waals surface area contributed by atoms with Gasteiger partial charge in [0.2, 0.25) is 5.91 Å². The molecule has 3 N–H and O–H groups in total. The third kappa shape index (κ3) is 4.81. The topological polar surface area (TPSA) is 87.3 Å². The molecular formula is C22H23N3O3S. The molecule has 7 heteroatoms. The van der Waals surface area contributed by atoms with Crippen LogP contribution in [0.3, 0.4) is 0 Å². The summed E-state index contributed by atoms with van der Waals surface area (Å²) in [6.45, 7) is 8.11. The zero-order valence-electron chi connectivity index (χ0n) is 16.0. The number of carbonyl (C=O) groups is 3. The van der Waals surface area contributed by atoms with E-state index in [9.17, 15) is 14.4 Å². The van der Waals surface area contributed by atoms with Crippen LogP contribution >= 0.6 is 11.3 Å². The Morgan fingerprint density at radius 2 is 1.93 bits per heavy atom. The molecule has 6 nitrogen and oxygen atoms in total. The number of carbonyl (C=O) groups excluding carboxylic acids is 3. The summed E-state index contributed by atoms with van der Waals surface area (Å²) in [6, 6.07) is 7.91. The molecule has 0 spiro atoms. The summed E-state index contributed by atoms with van der Waals surface area (Å²) >= 11 is 1.30. The Morgan fingerprint density at radius 1 is 1.14 bits per heavy atom. The van der Waals surface area contributed by atoms with Crippen LogP contribution in [0.4, 0.5) is 5.69 Å². The van der Waals surface area contributed by atoms with Gasteiger partial charge in [-0.25, -0.2) is 0 Å². The number of benzene rings is 1. The third-order valence-corrected chi connectivity index (χ3v) is 5.83. The molecule has 29 heavy (non-hydrogen) atoms. The van der Waals surface area contributed by atoms with Gasteiger partial charge in [0.05, 0.1) is 16.1 Å². The summed E-state index contributed by atoms with van der Waals surface area (Å²) < 4.78 is 0. The van der Waals surface area contributed by atoms with Crippen LogP contribution in [-0.2, 0) is 4.79 Å². The van der Waals surface area contributed by atoms with Crippen molar-refractivity contribution in [1.82, 2.24) is 10.6 Å². The van der Waals surface area contributed by atoms with Gasteiger partial charge in [-0.3, -0.25) is 14.4 Å². The maximum absolute atomic E-state index is 12.8. The molecule has 0 bridgehead atoms. The van der Waals surface area contributed by atoms with Crippen molar-refractivity contribution in [3.63, 3.8) is 0 Å². The van der Waals surface area contributed by atoms with Crippen LogP contribution < -0.4 is 16.0 Å². The second-order valence-corrected chi connectivity index (χ2v) is 7.73. The van der Waals surface area contributed by atoms with Crippen molar-refractivity contribution in [2.24, 2.45) is 0 Å². The Balaban J connectivity index is 1.77. The fraction of sp³-hybridized carbons (Fsp3) is 0.227. The minimum Gasteiger partial charge on any atom is -0.354 e. The predicted molar refractivity (Wildman–Crippen MR) is 117 cm³/mol. The Morgan fingerprint density at radius 3 is 2.66 bits per heavy atom. The predicted octanol–water partition coefficient (Wildman–Crippen LogP) is 3.68. The molecule has 2 heterocycles. The Labute approximate surface area is 173 Å². The number of anilines is 1. The second kappa shape index (κ2) is 9.34. The van der Waals surface area contributed by atoms with Crippen molar-refractivity contribution in [2.45, 2.75) is 25.3 Å². The van der Waals surface area contributed by atoms with Crippen molar-refractivity contribution in [3.05, 3.63) is 64.4 Å². The largest absolute Gasteiger partial charge is 0.354 e. The fourth-order valence-corrected chi connectivity index (χ4v) is 4.05. The van der Waals surface area contributed by atoms with Gasteiger partial charge in [0.1, 0.15) is 6.04 Å². The van der Waals surface area contributed by atoms with E-state index in [1.165, 1.54) is 11.3 Å². The Kier molecular flexibility index (Phi) is 6.61. The monoisotopic (exact) mass is 409 g/mol. The standard InChI is InChI=1S/C22H23N3O3S/c1-3-14-13-19(29-18(14)4-2)22(28)24-16-10-6-5-9-15(16)20(26)25-17-11-7-8-12-23-21(17)27/h3-6,9-10,13,17H,1-2,7-8,11-12H2,(H,23,27)(H,24,28)(H,25,26). The highest BCUT2D eigenvalue weighted by Gasteiger charge is 2.24. The highest BCUT2D eigenvalue weighted by molar-refractivity contribution is 7.15. The quantitative estimate of drug-likeness (QED) is 0.680. The van der Waals surface area contributed by atoms with Crippen molar-refractivity contribution >= 4 is 46.9 Å². The van der Waals surface area contributed by atoms with Crippen molar-refractivity contribution in [1.29, 1.82) is 0 Å². The molecule has 3 rings (SSSR count).